The summed E-state index contributed by atoms with van der Waals surface area (Å²) in [6.45, 7) is 10.8. The molecule has 0 saturated carbocycles. The second kappa shape index (κ2) is 10.6. The molecule has 36 heavy (non-hydrogen) atoms. The van der Waals surface area contributed by atoms with Gasteiger partial charge in [-0.3, -0.25) is 9.78 Å². The largest absolute Gasteiger partial charge is 0.340 e. The molecule has 4 heterocycles. The normalized spacial score (nSPS) is 14.9. The third kappa shape index (κ3) is 5.29. The van der Waals surface area contributed by atoms with Crippen LogP contribution in [0.4, 0.5) is 15.9 Å². The third-order valence-corrected chi connectivity index (χ3v) is 6.89. The average Bonchev–Trinajstić information content (AvgIpc) is 2.91. The fourth-order valence-electron chi connectivity index (χ4n) is 4.61. The Morgan fingerprint density at radius 1 is 1.06 bits per heavy atom. The highest BCUT2D eigenvalue weighted by Crippen LogP contribution is 2.29. The van der Waals surface area contributed by atoms with Crippen LogP contribution in [-0.2, 0) is 6.42 Å². The van der Waals surface area contributed by atoms with Gasteiger partial charge in [0.2, 0.25) is 0 Å². The van der Waals surface area contributed by atoms with Crippen molar-refractivity contribution in [3.05, 3.63) is 82.3 Å². The zero-order valence-corrected chi connectivity index (χ0v) is 20.7. The molecular weight excluding hydrogens is 455 g/mol. The Morgan fingerprint density at radius 3 is 2.50 bits per heavy atom. The van der Waals surface area contributed by atoms with E-state index in [0.29, 0.717) is 11.5 Å². The standard InChI is InChI=1S/C28H31FN6O/c1-3-34-12-14-35(15-13-34)11-10-20-5-8-22(9-6-20)32-27-26-23(24(29)18-31-28(26)36)16-25(33-27)21-7-4-19(2)30-17-21/h4-9,16-18H,3,10-15H2,1-2H3,(H,31,36)(H,32,33). The van der Waals surface area contributed by atoms with Crippen LogP contribution in [0.5, 0.6) is 0 Å². The van der Waals surface area contributed by atoms with Crippen LogP contribution in [0.15, 0.2) is 59.7 Å². The lowest BCUT2D eigenvalue weighted by Gasteiger charge is -2.34. The number of piperazine rings is 1. The average molecular weight is 487 g/mol. The molecule has 1 fully saturated rings. The van der Waals surface area contributed by atoms with Crippen LogP contribution in [-0.4, -0.2) is 64.0 Å². The van der Waals surface area contributed by atoms with Crippen molar-refractivity contribution in [1.29, 1.82) is 0 Å². The molecule has 0 spiro atoms. The summed E-state index contributed by atoms with van der Waals surface area (Å²) in [5.74, 6) is -0.197. The van der Waals surface area contributed by atoms with Gasteiger partial charge in [0, 0.05) is 67.4 Å². The number of H-pyrrole nitrogens is 1. The maximum absolute atomic E-state index is 14.7. The summed E-state index contributed by atoms with van der Waals surface area (Å²) < 4.78 is 14.7. The number of rotatable bonds is 7. The van der Waals surface area contributed by atoms with E-state index in [4.69, 9.17) is 0 Å². The number of hydrogen-bond acceptors (Lipinski definition) is 6. The number of nitrogens with zero attached hydrogens (tertiary/aromatic N) is 4. The number of pyridine rings is 3. The van der Waals surface area contributed by atoms with Crippen LogP contribution in [0.1, 0.15) is 18.2 Å². The fraction of sp³-hybridized carbons (Fsp3) is 0.321. The molecule has 0 aliphatic carbocycles. The quantitative estimate of drug-likeness (QED) is 0.404. The molecule has 1 saturated heterocycles. The van der Waals surface area contributed by atoms with Gasteiger partial charge in [-0.05, 0) is 55.8 Å². The van der Waals surface area contributed by atoms with Crippen LogP contribution in [0, 0.1) is 12.7 Å². The highest BCUT2D eigenvalue weighted by molar-refractivity contribution is 5.95. The van der Waals surface area contributed by atoms with E-state index in [1.54, 1.807) is 12.3 Å². The minimum Gasteiger partial charge on any atom is -0.340 e. The molecule has 8 heteroatoms. The van der Waals surface area contributed by atoms with Crippen LogP contribution < -0.4 is 10.9 Å². The van der Waals surface area contributed by atoms with E-state index in [1.807, 2.05) is 31.2 Å². The van der Waals surface area contributed by atoms with Gasteiger partial charge in [0.15, 0.2) is 0 Å². The first-order valence-electron chi connectivity index (χ1n) is 12.5. The lowest BCUT2D eigenvalue weighted by atomic mass is 10.1. The Labute approximate surface area is 210 Å². The highest BCUT2D eigenvalue weighted by Gasteiger charge is 2.16. The topological polar surface area (TPSA) is 77.2 Å². The van der Waals surface area contributed by atoms with Crippen molar-refractivity contribution < 1.29 is 4.39 Å². The van der Waals surface area contributed by atoms with E-state index < -0.39 is 11.4 Å². The Morgan fingerprint density at radius 2 is 1.81 bits per heavy atom. The van der Waals surface area contributed by atoms with E-state index in [2.05, 4.69) is 49.1 Å². The molecule has 186 valence electrons. The molecule has 1 aliphatic rings. The second-order valence-corrected chi connectivity index (χ2v) is 9.28. The fourth-order valence-corrected chi connectivity index (χ4v) is 4.61. The molecular formula is C28H31FN6O. The summed E-state index contributed by atoms with van der Waals surface area (Å²) in [7, 11) is 0. The molecule has 1 aromatic carbocycles. The molecule has 1 aliphatic heterocycles. The van der Waals surface area contributed by atoms with Crippen molar-refractivity contribution in [2.45, 2.75) is 20.3 Å². The zero-order chi connectivity index (χ0) is 25.1. The van der Waals surface area contributed by atoms with Crippen molar-refractivity contribution in [3.63, 3.8) is 0 Å². The summed E-state index contributed by atoms with van der Waals surface area (Å²) in [5.41, 5.74) is 3.81. The highest BCUT2D eigenvalue weighted by atomic mass is 19.1. The first kappa shape index (κ1) is 24.1. The molecule has 0 atom stereocenters. The van der Waals surface area contributed by atoms with E-state index >= 15 is 0 Å². The van der Waals surface area contributed by atoms with Gasteiger partial charge in [-0.2, -0.15) is 0 Å². The monoisotopic (exact) mass is 486 g/mol. The molecule has 0 unspecified atom stereocenters. The predicted octanol–water partition coefficient (Wildman–Crippen LogP) is 4.36. The number of halogens is 1. The summed E-state index contributed by atoms with van der Waals surface area (Å²) in [6.07, 6.45) is 3.77. The number of hydrogen-bond donors (Lipinski definition) is 2. The number of anilines is 2. The molecule has 0 radical (unpaired) electrons. The van der Waals surface area contributed by atoms with Gasteiger partial charge in [-0.25, -0.2) is 9.37 Å². The van der Waals surface area contributed by atoms with Crippen molar-refractivity contribution in [1.82, 2.24) is 24.8 Å². The van der Waals surface area contributed by atoms with E-state index in [9.17, 15) is 9.18 Å². The first-order chi connectivity index (χ1) is 17.5. The Balaban J connectivity index is 1.37. The van der Waals surface area contributed by atoms with Crippen LogP contribution in [0.2, 0.25) is 0 Å². The second-order valence-electron chi connectivity index (χ2n) is 9.28. The zero-order valence-electron chi connectivity index (χ0n) is 20.7. The summed E-state index contributed by atoms with van der Waals surface area (Å²) in [6, 6.07) is 13.5. The maximum atomic E-state index is 14.7. The maximum Gasteiger partial charge on any atom is 0.259 e. The number of benzene rings is 1. The first-order valence-corrected chi connectivity index (χ1v) is 12.5. The minimum atomic E-state index is -0.508. The van der Waals surface area contributed by atoms with Gasteiger partial charge >= 0.3 is 0 Å². The number of aromatic nitrogens is 3. The third-order valence-electron chi connectivity index (χ3n) is 6.89. The van der Waals surface area contributed by atoms with Crippen molar-refractivity contribution in [2.24, 2.45) is 0 Å². The number of fused-ring (bicyclic) bond motifs is 1. The smallest absolute Gasteiger partial charge is 0.259 e. The van der Waals surface area contributed by atoms with Gasteiger partial charge in [0.1, 0.15) is 11.6 Å². The van der Waals surface area contributed by atoms with E-state index in [0.717, 1.165) is 68.8 Å². The Kier molecular flexibility index (Phi) is 7.06. The van der Waals surface area contributed by atoms with Crippen LogP contribution in [0.25, 0.3) is 22.0 Å². The number of nitrogens with one attached hydrogen (secondary N) is 2. The molecule has 5 rings (SSSR count). The van der Waals surface area contributed by atoms with Crippen molar-refractivity contribution in [2.75, 3.05) is 44.6 Å². The van der Waals surface area contributed by atoms with Gasteiger partial charge in [-0.1, -0.05) is 19.1 Å². The van der Waals surface area contributed by atoms with Gasteiger partial charge < -0.3 is 20.1 Å². The lowest BCUT2D eigenvalue weighted by Crippen LogP contribution is -2.46. The van der Waals surface area contributed by atoms with E-state index in [-0.39, 0.29) is 10.8 Å². The molecule has 0 bridgehead atoms. The van der Waals surface area contributed by atoms with Crippen molar-refractivity contribution in [3.8, 4) is 11.3 Å². The van der Waals surface area contributed by atoms with Crippen LogP contribution >= 0.6 is 0 Å². The molecule has 7 nitrogen and oxygen atoms in total. The predicted molar refractivity (Wildman–Crippen MR) is 142 cm³/mol. The van der Waals surface area contributed by atoms with Gasteiger partial charge in [-0.15, -0.1) is 0 Å². The summed E-state index contributed by atoms with van der Waals surface area (Å²) in [5, 5.41) is 3.65. The molecule has 2 N–H and O–H groups in total. The Hall–Kier alpha value is -3.62. The SMILES string of the molecule is CCN1CCN(CCc2ccc(Nc3nc(-c4ccc(C)nc4)cc4c(F)c[nH]c(=O)c34)cc2)CC1. The Bertz CT molecular complexity index is 1390. The number of likely N-dealkylation sites (N-methyl/N-ethyl adjacent to an activating group) is 1. The molecule has 3 aromatic heterocycles. The number of aryl methyl sites for hydroxylation is 1. The van der Waals surface area contributed by atoms with Gasteiger partial charge in [0.05, 0.1) is 11.1 Å². The summed E-state index contributed by atoms with van der Waals surface area (Å²) in [4.78, 5) is 29.1. The summed E-state index contributed by atoms with van der Waals surface area (Å²) >= 11 is 0. The van der Waals surface area contributed by atoms with E-state index in [1.165, 1.54) is 5.56 Å². The lowest BCUT2D eigenvalue weighted by molar-refractivity contribution is 0.138. The number of aromatic amines is 1. The molecule has 0 amide bonds. The van der Waals surface area contributed by atoms with Gasteiger partial charge in [0.25, 0.3) is 5.56 Å². The van der Waals surface area contributed by atoms with Crippen LogP contribution in [0.3, 0.4) is 0 Å². The van der Waals surface area contributed by atoms with Crippen molar-refractivity contribution >= 4 is 22.3 Å². The molecule has 4 aromatic rings. The minimum absolute atomic E-state index is 0.189.